The SMILES string of the molecule is COC(=O)C1=C(F)CC(F)([N+](=O)[O-])C=C1. The van der Waals surface area contributed by atoms with Gasteiger partial charge in [0.15, 0.2) is 0 Å². The van der Waals surface area contributed by atoms with Gasteiger partial charge in [-0.15, -0.1) is 0 Å². The van der Waals surface area contributed by atoms with E-state index >= 15 is 0 Å². The Balaban J connectivity index is 2.99. The van der Waals surface area contributed by atoms with Crippen LogP contribution in [0.25, 0.3) is 0 Å². The Morgan fingerprint density at radius 1 is 1.73 bits per heavy atom. The molecule has 1 aliphatic rings. The molecule has 1 atom stereocenters. The van der Waals surface area contributed by atoms with E-state index in [1.54, 1.807) is 0 Å². The van der Waals surface area contributed by atoms with Gasteiger partial charge in [-0.05, 0) is 6.08 Å². The Hall–Kier alpha value is -1.79. The van der Waals surface area contributed by atoms with E-state index in [4.69, 9.17) is 0 Å². The van der Waals surface area contributed by atoms with E-state index in [1.165, 1.54) is 0 Å². The molecule has 15 heavy (non-hydrogen) atoms. The van der Waals surface area contributed by atoms with Gasteiger partial charge in [0.05, 0.1) is 17.6 Å². The van der Waals surface area contributed by atoms with Gasteiger partial charge < -0.3 is 4.74 Å². The molecule has 1 rings (SSSR count). The van der Waals surface area contributed by atoms with Crippen molar-refractivity contribution in [2.45, 2.75) is 12.2 Å². The van der Waals surface area contributed by atoms with Gasteiger partial charge in [-0.25, -0.2) is 9.18 Å². The fraction of sp³-hybridized carbons (Fsp3) is 0.375. The van der Waals surface area contributed by atoms with Gasteiger partial charge in [0.25, 0.3) is 0 Å². The maximum Gasteiger partial charge on any atom is 0.384 e. The zero-order valence-electron chi connectivity index (χ0n) is 7.70. The minimum atomic E-state index is -2.98. The molecule has 0 aromatic rings. The lowest BCUT2D eigenvalue weighted by atomic mass is 10.0. The van der Waals surface area contributed by atoms with Gasteiger partial charge in [0.1, 0.15) is 12.2 Å². The van der Waals surface area contributed by atoms with E-state index in [0.29, 0.717) is 12.2 Å². The first kappa shape index (κ1) is 11.3. The lowest BCUT2D eigenvalue weighted by molar-refractivity contribution is -0.589. The quantitative estimate of drug-likeness (QED) is 0.303. The lowest BCUT2D eigenvalue weighted by Gasteiger charge is -2.16. The Morgan fingerprint density at radius 2 is 2.33 bits per heavy atom. The van der Waals surface area contributed by atoms with E-state index in [1.807, 2.05) is 0 Å². The summed E-state index contributed by atoms with van der Waals surface area (Å²) in [6, 6.07) is 0. The molecule has 0 heterocycles. The van der Waals surface area contributed by atoms with Crippen molar-refractivity contribution in [1.29, 1.82) is 0 Å². The number of hydrogen-bond donors (Lipinski definition) is 0. The highest BCUT2D eigenvalue weighted by Gasteiger charge is 2.45. The van der Waals surface area contributed by atoms with Crippen molar-refractivity contribution in [2.24, 2.45) is 0 Å². The number of rotatable bonds is 2. The lowest BCUT2D eigenvalue weighted by Crippen LogP contribution is -2.33. The highest BCUT2D eigenvalue weighted by Crippen LogP contribution is 2.31. The summed E-state index contributed by atoms with van der Waals surface area (Å²) in [5, 5.41) is 10.2. The van der Waals surface area contributed by atoms with Crippen LogP contribution in [0.2, 0.25) is 0 Å². The van der Waals surface area contributed by atoms with Crippen molar-refractivity contribution < 1.29 is 23.2 Å². The normalized spacial score (nSPS) is 25.3. The van der Waals surface area contributed by atoms with E-state index in [-0.39, 0.29) is 0 Å². The second-order valence-electron chi connectivity index (χ2n) is 2.90. The number of nitrogens with zero attached hydrogens (tertiary/aromatic N) is 1. The molecule has 0 fully saturated rings. The first-order valence-electron chi connectivity index (χ1n) is 3.90. The van der Waals surface area contributed by atoms with E-state index in [0.717, 1.165) is 7.11 Å². The van der Waals surface area contributed by atoms with Crippen molar-refractivity contribution in [1.82, 2.24) is 0 Å². The molecule has 7 heteroatoms. The Morgan fingerprint density at radius 3 is 2.73 bits per heavy atom. The first-order valence-corrected chi connectivity index (χ1v) is 3.90. The molecule has 0 bridgehead atoms. The number of alkyl halides is 1. The zero-order chi connectivity index (χ0) is 11.6. The predicted octanol–water partition coefficient (Wildman–Crippen LogP) is 1.29. The van der Waals surface area contributed by atoms with Gasteiger partial charge in [0.2, 0.25) is 0 Å². The van der Waals surface area contributed by atoms with Crippen LogP contribution in [-0.2, 0) is 9.53 Å². The maximum absolute atomic E-state index is 13.3. The molecule has 0 saturated carbocycles. The van der Waals surface area contributed by atoms with Crippen molar-refractivity contribution in [3.63, 3.8) is 0 Å². The Bertz CT molecular complexity index is 377. The molecule has 0 N–H and O–H groups in total. The third-order valence-electron chi connectivity index (χ3n) is 1.91. The number of methoxy groups -OCH3 is 1. The molecule has 1 aliphatic carbocycles. The van der Waals surface area contributed by atoms with Gasteiger partial charge in [0, 0.05) is 6.08 Å². The zero-order valence-corrected chi connectivity index (χ0v) is 7.70. The molecule has 1 unspecified atom stereocenters. The topological polar surface area (TPSA) is 69.4 Å². The van der Waals surface area contributed by atoms with Gasteiger partial charge in [-0.2, -0.15) is 4.39 Å². The molecule has 0 aromatic heterocycles. The molecule has 5 nitrogen and oxygen atoms in total. The molecule has 0 aliphatic heterocycles. The smallest absolute Gasteiger partial charge is 0.384 e. The van der Waals surface area contributed by atoms with Crippen LogP contribution >= 0.6 is 0 Å². The summed E-state index contributed by atoms with van der Waals surface area (Å²) in [6.07, 6.45) is 0.150. The molecule has 0 radical (unpaired) electrons. The van der Waals surface area contributed by atoms with Crippen LogP contribution in [0.5, 0.6) is 0 Å². The van der Waals surface area contributed by atoms with Crippen molar-refractivity contribution in [3.05, 3.63) is 33.7 Å². The average Bonchev–Trinajstić information content (AvgIpc) is 2.16. The van der Waals surface area contributed by atoms with Crippen molar-refractivity contribution in [2.75, 3.05) is 7.11 Å². The van der Waals surface area contributed by atoms with Crippen LogP contribution in [0.15, 0.2) is 23.6 Å². The number of halogens is 2. The fourth-order valence-corrected chi connectivity index (χ4v) is 1.09. The second kappa shape index (κ2) is 3.76. The van der Waals surface area contributed by atoms with E-state index in [9.17, 15) is 23.7 Å². The van der Waals surface area contributed by atoms with Crippen LogP contribution in [-0.4, -0.2) is 23.8 Å². The van der Waals surface area contributed by atoms with Crippen LogP contribution in [0.1, 0.15) is 6.42 Å². The van der Waals surface area contributed by atoms with Crippen LogP contribution in [0.3, 0.4) is 0 Å². The number of carbonyl (C=O) groups excluding carboxylic acids is 1. The van der Waals surface area contributed by atoms with Gasteiger partial charge >= 0.3 is 11.8 Å². The fourth-order valence-electron chi connectivity index (χ4n) is 1.09. The van der Waals surface area contributed by atoms with E-state index < -0.39 is 34.5 Å². The summed E-state index contributed by atoms with van der Waals surface area (Å²) in [4.78, 5) is 19.9. The van der Waals surface area contributed by atoms with Gasteiger partial charge in [-0.3, -0.25) is 10.1 Å². The molecular formula is C8H7F2NO4. The third-order valence-corrected chi connectivity index (χ3v) is 1.91. The molecule has 0 amide bonds. The van der Waals surface area contributed by atoms with Crippen molar-refractivity contribution in [3.8, 4) is 0 Å². The second-order valence-corrected chi connectivity index (χ2v) is 2.90. The molecular weight excluding hydrogens is 212 g/mol. The summed E-state index contributed by atoms with van der Waals surface area (Å²) in [5.41, 5.74) is -0.493. The van der Waals surface area contributed by atoms with Gasteiger partial charge in [-0.1, -0.05) is 0 Å². The van der Waals surface area contributed by atoms with E-state index in [2.05, 4.69) is 4.74 Å². The van der Waals surface area contributed by atoms with Crippen molar-refractivity contribution >= 4 is 5.97 Å². The molecule has 0 aromatic carbocycles. The molecule has 0 saturated heterocycles. The van der Waals surface area contributed by atoms with Crippen LogP contribution in [0.4, 0.5) is 8.78 Å². The minimum Gasteiger partial charge on any atom is -0.465 e. The summed E-state index contributed by atoms with van der Waals surface area (Å²) in [6.45, 7) is 0. The van der Waals surface area contributed by atoms with Crippen LogP contribution < -0.4 is 0 Å². The maximum atomic E-state index is 13.3. The summed E-state index contributed by atoms with van der Waals surface area (Å²) in [5.74, 6) is -5.17. The highest BCUT2D eigenvalue weighted by molar-refractivity contribution is 5.92. The minimum absolute atomic E-state index is 0.493. The number of carbonyl (C=O) groups is 1. The third kappa shape index (κ3) is 2.00. The number of esters is 1. The monoisotopic (exact) mass is 219 g/mol. The first-order chi connectivity index (χ1) is 6.90. The molecule has 0 spiro atoms. The Labute approximate surface area is 83.2 Å². The number of hydrogen-bond acceptors (Lipinski definition) is 4. The number of nitro groups is 1. The standard InChI is InChI=1S/C8H7F2NO4/c1-15-7(12)5-2-3-8(10,11(13)14)4-6(5)9/h2-3H,4H2,1H3. The summed E-state index contributed by atoms with van der Waals surface area (Å²) < 4.78 is 30.6. The van der Waals surface area contributed by atoms with Crippen LogP contribution in [0, 0.1) is 10.1 Å². The summed E-state index contributed by atoms with van der Waals surface area (Å²) in [7, 11) is 1.03. The highest BCUT2D eigenvalue weighted by atomic mass is 19.2. The number of ether oxygens (including phenoxy) is 1. The average molecular weight is 219 g/mol. The largest absolute Gasteiger partial charge is 0.465 e. The summed E-state index contributed by atoms with van der Waals surface area (Å²) >= 11 is 0. The Kier molecular flexibility index (Phi) is 2.83. The molecule has 82 valence electrons. The predicted molar refractivity (Wildman–Crippen MR) is 44.7 cm³/mol.